The molecule has 1 aliphatic rings. The Morgan fingerprint density at radius 1 is 1.40 bits per heavy atom. The van der Waals surface area contributed by atoms with Crippen LogP contribution in [0.5, 0.6) is 0 Å². The van der Waals surface area contributed by atoms with Crippen molar-refractivity contribution in [2.45, 2.75) is 33.6 Å². The molecular formula is C17H25BrN6O. The maximum atomic E-state index is 12.1. The van der Waals surface area contributed by atoms with Gasteiger partial charge in [-0.2, -0.15) is 5.10 Å². The molecule has 3 heterocycles. The first-order valence-electron chi connectivity index (χ1n) is 8.64. The second-order valence-electron chi connectivity index (χ2n) is 7.72. The van der Waals surface area contributed by atoms with Gasteiger partial charge in [0.25, 0.3) is 0 Å². The van der Waals surface area contributed by atoms with E-state index in [-0.39, 0.29) is 11.3 Å². The Balaban J connectivity index is 1.75. The van der Waals surface area contributed by atoms with Crippen molar-refractivity contribution >= 4 is 38.7 Å². The van der Waals surface area contributed by atoms with Gasteiger partial charge >= 0.3 is 0 Å². The minimum Gasteiger partial charge on any atom is -0.356 e. The summed E-state index contributed by atoms with van der Waals surface area (Å²) in [6, 6.07) is 0. The van der Waals surface area contributed by atoms with Crippen LogP contribution in [-0.4, -0.2) is 45.3 Å². The van der Waals surface area contributed by atoms with Gasteiger partial charge in [-0.15, -0.1) is 0 Å². The number of amides is 1. The molecule has 0 saturated carbocycles. The summed E-state index contributed by atoms with van der Waals surface area (Å²) in [5, 5.41) is 8.44. The quantitative estimate of drug-likeness (QED) is 0.843. The Morgan fingerprint density at radius 3 is 2.88 bits per heavy atom. The van der Waals surface area contributed by atoms with Gasteiger partial charge in [0, 0.05) is 32.1 Å². The molecule has 0 bridgehead atoms. The summed E-state index contributed by atoms with van der Waals surface area (Å²) >= 11 is 3.53. The van der Waals surface area contributed by atoms with Gasteiger partial charge in [0.05, 0.1) is 5.39 Å². The molecule has 1 unspecified atom stereocenters. The zero-order valence-corrected chi connectivity index (χ0v) is 16.8. The van der Waals surface area contributed by atoms with Gasteiger partial charge in [0.2, 0.25) is 5.91 Å². The summed E-state index contributed by atoms with van der Waals surface area (Å²) in [5.74, 6) is 1.43. The fraction of sp³-hybridized carbons (Fsp3) is 0.647. The van der Waals surface area contributed by atoms with Gasteiger partial charge in [-0.3, -0.25) is 4.79 Å². The van der Waals surface area contributed by atoms with Crippen molar-refractivity contribution in [1.29, 1.82) is 0 Å². The van der Waals surface area contributed by atoms with Gasteiger partial charge in [-0.05, 0) is 34.7 Å². The number of piperidine rings is 1. The number of aryl methyl sites for hydroxylation is 1. The summed E-state index contributed by atoms with van der Waals surface area (Å²) in [4.78, 5) is 23.3. The molecule has 0 radical (unpaired) electrons. The minimum absolute atomic E-state index is 0.101. The Morgan fingerprint density at radius 2 is 2.16 bits per heavy atom. The van der Waals surface area contributed by atoms with Crippen molar-refractivity contribution in [2.75, 3.05) is 24.5 Å². The van der Waals surface area contributed by atoms with Crippen LogP contribution in [0.25, 0.3) is 11.0 Å². The topological polar surface area (TPSA) is 75.9 Å². The minimum atomic E-state index is -0.353. The van der Waals surface area contributed by atoms with E-state index in [4.69, 9.17) is 0 Å². The van der Waals surface area contributed by atoms with E-state index in [1.54, 1.807) is 11.0 Å². The number of hydrogen-bond donors (Lipinski definition) is 1. The molecule has 1 saturated heterocycles. The summed E-state index contributed by atoms with van der Waals surface area (Å²) in [6.45, 7) is 8.34. The first-order chi connectivity index (χ1) is 11.8. The summed E-state index contributed by atoms with van der Waals surface area (Å²) in [6.07, 6.45) is 3.79. The fourth-order valence-electron chi connectivity index (χ4n) is 3.19. The maximum Gasteiger partial charge on any atom is 0.225 e. The molecule has 2 aromatic heterocycles. The number of carbonyl (C=O) groups excluding carboxylic acids is 1. The van der Waals surface area contributed by atoms with Crippen LogP contribution in [0.1, 0.15) is 33.6 Å². The molecule has 8 heteroatoms. The monoisotopic (exact) mass is 408 g/mol. The van der Waals surface area contributed by atoms with Crippen LogP contribution in [0.15, 0.2) is 10.9 Å². The first-order valence-corrected chi connectivity index (χ1v) is 9.43. The van der Waals surface area contributed by atoms with Crippen LogP contribution in [-0.2, 0) is 11.8 Å². The number of fused-ring (bicyclic) bond motifs is 1. The van der Waals surface area contributed by atoms with Crippen molar-refractivity contribution in [3.63, 3.8) is 0 Å². The lowest BCUT2D eigenvalue weighted by molar-refractivity contribution is -0.128. The second kappa shape index (κ2) is 6.90. The molecule has 0 aliphatic carbocycles. The average Bonchev–Trinajstić information content (AvgIpc) is 2.86. The number of aromatic nitrogens is 4. The lowest BCUT2D eigenvalue weighted by atomic mass is 9.94. The van der Waals surface area contributed by atoms with Crippen LogP contribution in [0.4, 0.5) is 5.82 Å². The van der Waals surface area contributed by atoms with Crippen molar-refractivity contribution < 1.29 is 4.79 Å². The molecule has 25 heavy (non-hydrogen) atoms. The van der Waals surface area contributed by atoms with Crippen molar-refractivity contribution in [2.24, 2.45) is 18.4 Å². The fourth-order valence-corrected chi connectivity index (χ4v) is 3.78. The van der Waals surface area contributed by atoms with E-state index < -0.39 is 0 Å². The standard InChI is InChI=1S/C17H25BrN6O/c1-17(2,3)16(25)19-8-11-6-5-7-24(9-11)15-12-13(18)22-23(4)14(12)20-10-21-15/h10-11H,5-9H2,1-4H3,(H,19,25). The van der Waals surface area contributed by atoms with Crippen molar-refractivity contribution in [1.82, 2.24) is 25.1 Å². The first kappa shape index (κ1) is 18.1. The van der Waals surface area contributed by atoms with Gasteiger partial charge in [0.1, 0.15) is 16.7 Å². The number of carbonyl (C=O) groups is 1. The smallest absolute Gasteiger partial charge is 0.225 e. The predicted molar refractivity (Wildman–Crippen MR) is 101 cm³/mol. The molecule has 7 nitrogen and oxygen atoms in total. The molecule has 1 fully saturated rings. The SMILES string of the molecule is Cn1nc(Br)c2c(N3CCCC(CNC(=O)C(C)(C)C)C3)ncnc21. The molecule has 1 N–H and O–H groups in total. The molecule has 0 spiro atoms. The number of hydrogen-bond acceptors (Lipinski definition) is 5. The summed E-state index contributed by atoms with van der Waals surface area (Å²) in [5.41, 5.74) is 0.466. The third kappa shape index (κ3) is 3.78. The molecular weight excluding hydrogens is 384 g/mol. The van der Waals surface area contributed by atoms with Crippen LogP contribution in [0, 0.1) is 11.3 Å². The number of nitrogens with zero attached hydrogens (tertiary/aromatic N) is 5. The maximum absolute atomic E-state index is 12.1. The zero-order chi connectivity index (χ0) is 18.2. The van der Waals surface area contributed by atoms with E-state index in [0.717, 1.165) is 47.4 Å². The number of halogens is 1. The second-order valence-corrected chi connectivity index (χ2v) is 8.48. The predicted octanol–water partition coefficient (Wildman–Crippen LogP) is 2.50. The molecule has 1 amide bonds. The lowest BCUT2D eigenvalue weighted by Gasteiger charge is -2.34. The van der Waals surface area contributed by atoms with Gasteiger partial charge in [-0.1, -0.05) is 20.8 Å². The van der Waals surface area contributed by atoms with Gasteiger partial charge in [-0.25, -0.2) is 14.6 Å². The Kier molecular flexibility index (Phi) is 4.99. The highest BCUT2D eigenvalue weighted by Crippen LogP contribution is 2.31. The molecule has 1 aliphatic heterocycles. The lowest BCUT2D eigenvalue weighted by Crippen LogP contribution is -2.43. The van der Waals surface area contributed by atoms with E-state index in [1.807, 2.05) is 27.8 Å². The van der Waals surface area contributed by atoms with Gasteiger partial charge in [0.15, 0.2) is 5.65 Å². The molecule has 136 valence electrons. The van der Waals surface area contributed by atoms with Crippen LogP contribution < -0.4 is 10.2 Å². The number of anilines is 1. The van der Waals surface area contributed by atoms with E-state index in [0.29, 0.717) is 12.5 Å². The van der Waals surface area contributed by atoms with Gasteiger partial charge < -0.3 is 10.2 Å². The van der Waals surface area contributed by atoms with E-state index in [9.17, 15) is 4.79 Å². The Bertz CT molecular complexity index is 781. The Hall–Kier alpha value is -1.70. The van der Waals surface area contributed by atoms with Crippen LogP contribution in [0.3, 0.4) is 0 Å². The van der Waals surface area contributed by atoms with E-state index in [1.165, 1.54) is 0 Å². The summed E-state index contributed by atoms with van der Waals surface area (Å²) in [7, 11) is 1.88. The Labute approximate surface area is 156 Å². The third-order valence-corrected chi connectivity index (χ3v) is 5.16. The normalized spacial score (nSPS) is 18.6. The largest absolute Gasteiger partial charge is 0.356 e. The highest BCUT2D eigenvalue weighted by atomic mass is 79.9. The zero-order valence-electron chi connectivity index (χ0n) is 15.2. The number of nitrogens with one attached hydrogen (secondary N) is 1. The third-order valence-electron chi connectivity index (χ3n) is 4.61. The summed E-state index contributed by atoms with van der Waals surface area (Å²) < 4.78 is 2.53. The van der Waals surface area contributed by atoms with Crippen LogP contribution >= 0.6 is 15.9 Å². The highest BCUT2D eigenvalue weighted by molar-refractivity contribution is 9.10. The average molecular weight is 409 g/mol. The highest BCUT2D eigenvalue weighted by Gasteiger charge is 2.26. The molecule has 2 aromatic rings. The van der Waals surface area contributed by atoms with E-state index in [2.05, 4.69) is 41.2 Å². The van der Waals surface area contributed by atoms with Crippen molar-refractivity contribution in [3.8, 4) is 0 Å². The van der Waals surface area contributed by atoms with Crippen molar-refractivity contribution in [3.05, 3.63) is 10.9 Å². The van der Waals surface area contributed by atoms with E-state index >= 15 is 0 Å². The number of rotatable bonds is 3. The molecule has 0 aromatic carbocycles. The molecule has 3 rings (SSSR count). The molecule has 1 atom stereocenters. The van der Waals surface area contributed by atoms with Crippen LogP contribution in [0.2, 0.25) is 0 Å².